The minimum atomic E-state index is -4.37. The number of amides is 2. The van der Waals surface area contributed by atoms with E-state index in [-0.39, 0.29) is 24.2 Å². The van der Waals surface area contributed by atoms with Gasteiger partial charge in [-0.1, -0.05) is 12.1 Å². The second kappa shape index (κ2) is 7.42. The number of piperidine rings is 1. The number of rotatable bonds is 3. The molecular formula is C21H20F3N3O2. The number of benzene rings is 2. The second-order valence-electron chi connectivity index (χ2n) is 7.36. The summed E-state index contributed by atoms with van der Waals surface area (Å²) in [7, 11) is 0. The maximum atomic E-state index is 12.9. The van der Waals surface area contributed by atoms with E-state index in [2.05, 4.69) is 10.6 Å². The van der Waals surface area contributed by atoms with Gasteiger partial charge in [0, 0.05) is 41.6 Å². The molecule has 2 aromatic carbocycles. The van der Waals surface area contributed by atoms with E-state index >= 15 is 0 Å². The Bertz CT molecular complexity index is 950. The molecule has 29 heavy (non-hydrogen) atoms. The molecule has 2 N–H and O–H groups in total. The molecule has 0 aromatic heterocycles. The minimum absolute atomic E-state index is 0.101. The summed E-state index contributed by atoms with van der Waals surface area (Å²) in [6.45, 7) is 1.01. The van der Waals surface area contributed by atoms with E-state index in [0.29, 0.717) is 43.0 Å². The Morgan fingerprint density at radius 3 is 2.55 bits per heavy atom. The monoisotopic (exact) mass is 403 g/mol. The SMILES string of the molecule is O=C1Cc2c(cccc2NC(=O)C2CCN(c3cccc(C(F)(F)F)c3)CC2)N1. The van der Waals surface area contributed by atoms with Gasteiger partial charge >= 0.3 is 6.18 Å². The molecule has 8 heteroatoms. The van der Waals surface area contributed by atoms with Crippen LogP contribution in [-0.4, -0.2) is 24.9 Å². The third-order valence-corrected chi connectivity index (χ3v) is 5.45. The highest BCUT2D eigenvalue weighted by molar-refractivity contribution is 6.03. The van der Waals surface area contributed by atoms with Gasteiger partial charge in [0.2, 0.25) is 11.8 Å². The van der Waals surface area contributed by atoms with Gasteiger partial charge in [-0.25, -0.2) is 0 Å². The van der Waals surface area contributed by atoms with Gasteiger partial charge in [0.1, 0.15) is 0 Å². The highest BCUT2D eigenvalue weighted by atomic mass is 19.4. The van der Waals surface area contributed by atoms with E-state index in [0.717, 1.165) is 17.7 Å². The van der Waals surface area contributed by atoms with Crippen molar-refractivity contribution in [2.45, 2.75) is 25.4 Å². The van der Waals surface area contributed by atoms with E-state index in [1.165, 1.54) is 6.07 Å². The predicted molar refractivity (Wildman–Crippen MR) is 104 cm³/mol. The molecule has 152 valence electrons. The van der Waals surface area contributed by atoms with Crippen molar-refractivity contribution in [1.82, 2.24) is 0 Å². The summed E-state index contributed by atoms with van der Waals surface area (Å²) in [5, 5.41) is 5.67. The van der Waals surface area contributed by atoms with Crippen molar-refractivity contribution in [3.05, 3.63) is 53.6 Å². The van der Waals surface area contributed by atoms with E-state index in [1.54, 1.807) is 24.3 Å². The van der Waals surface area contributed by atoms with Gasteiger partial charge in [0.05, 0.1) is 12.0 Å². The average molecular weight is 403 g/mol. The molecule has 0 spiro atoms. The van der Waals surface area contributed by atoms with Crippen molar-refractivity contribution in [2.75, 3.05) is 28.6 Å². The van der Waals surface area contributed by atoms with Gasteiger partial charge in [0.25, 0.3) is 0 Å². The van der Waals surface area contributed by atoms with Gasteiger partial charge < -0.3 is 15.5 Å². The van der Waals surface area contributed by atoms with Crippen molar-refractivity contribution in [2.24, 2.45) is 5.92 Å². The average Bonchev–Trinajstić information content (AvgIpc) is 3.09. The number of hydrogen-bond acceptors (Lipinski definition) is 3. The normalized spacial score (nSPS) is 17.1. The number of nitrogens with zero attached hydrogens (tertiary/aromatic N) is 1. The predicted octanol–water partition coefficient (Wildman–Crippen LogP) is 4.06. The summed E-state index contributed by atoms with van der Waals surface area (Å²) < 4.78 is 38.8. The van der Waals surface area contributed by atoms with Crippen molar-refractivity contribution in [3.8, 4) is 0 Å². The van der Waals surface area contributed by atoms with Crippen molar-refractivity contribution < 1.29 is 22.8 Å². The lowest BCUT2D eigenvalue weighted by Gasteiger charge is -2.33. The lowest BCUT2D eigenvalue weighted by Crippen LogP contribution is -2.38. The van der Waals surface area contributed by atoms with Gasteiger partial charge in [-0.05, 0) is 43.2 Å². The van der Waals surface area contributed by atoms with Crippen LogP contribution in [0.2, 0.25) is 0 Å². The van der Waals surface area contributed by atoms with Crippen LogP contribution in [0.4, 0.5) is 30.2 Å². The molecule has 0 saturated carbocycles. The molecule has 1 saturated heterocycles. The summed E-state index contributed by atoms with van der Waals surface area (Å²) in [6, 6.07) is 10.6. The molecule has 0 aliphatic carbocycles. The highest BCUT2D eigenvalue weighted by Crippen LogP contribution is 2.34. The molecule has 0 bridgehead atoms. The number of alkyl halides is 3. The number of hydrogen-bond donors (Lipinski definition) is 2. The molecule has 2 heterocycles. The van der Waals surface area contributed by atoms with E-state index in [4.69, 9.17) is 0 Å². The number of fused-ring (bicyclic) bond motifs is 1. The minimum Gasteiger partial charge on any atom is -0.371 e. The fraction of sp³-hybridized carbons (Fsp3) is 0.333. The van der Waals surface area contributed by atoms with Gasteiger partial charge in [-0.2, -0.15) is 13.2 Å². The molecule has 2 amide bonds. The highest BCUT2D eigenvalue weighted by Gasteiger charge is 2.32. The van der Waals surface area contributed by atoms with Crippen LogP contribution in [0.25, 0.3) is 0 Å². The van der Waals surface area contributed by atoms with Crippen molar-refractivity contribution >= 4 is 28.9 Å². The zero-order chi connectivity index (χ0) is 20.6. The van der Waals surface area contributed by atoms with Crippen LogP contribution in [0.1, 0.15) is 24.0 Å². The van der Waals surface area contributed by atoms with Crippen LogP contribution < -0.4 is 15.5 Å². The summed E-state index contributed by atoms with van der Waals surface area (Å²) in [6.07, 6.45) is -3.04. The quantitative estimate of drug-likeness (QED) is 0.813. The molecule has 0 atom stereocenters. The van der Waals surface area contributed by atoms with Crippen LogP contribution in [0, 0.1) is 5.92 Å². The van der Waals surface area contributed by atoms with Crippen LogP contribution in [0.5, 0.6) is 0 Å². The first-order valence-electron chi connectivity index (χ1n) is 9.46. The molecule has 0 unspecified atom stereocenters. The van der Waals surface area contributed by atoms with Gasteiger partial charge in [-0.15, -0.1) is 0 Å². The molecular weight excluding hydrogens is 383 g/mol. The van der Waals surface area contributed by atoms with Crippen LogP contribution >= 0.6 is 0 Å². The van der Waals surface area contributed by atoms with Crippen LogP contribution in [0.3, 0.4) is 0 Å². The second-order valence-corrected chi connectivity index (χ2v) is 7.36. The zero-order valence-electron chi connectivity index (χ0n) is 15.6. The first-order chi connectivity index (χ1) is 13.8. The third-order valence-electron chi connectivity index (χ3n) is 5.45. The Hall–Kier alpha value is -3.03. The maximum absolute atomic E-state index is 12.9. The zero-order valence-corrected chi connectivity index (χ0v) is 15.6. The molecule has 1 fully saturated rings. The molecule has 5 nitrogen and oxygen atoms in total. The number of nitrogens with one attached hydrogen (secondary N) is 2. The standard InChI is InChI=1S/C21H20F3N3O2/c22-21(23,24)14-3-1-4-15(11-14)27-9-7-13(8-10-27)20(29)26-18-6-2-5-17-16(18)12-19(28)25-17/h1-6,11,13H,7-10,12H2,(H,25,28)(H,26,29). The number of halogens is 3. The molecule has 4 rings (SSSR count). The number of carbonyl (C=O) groups excluding carboxylic acids is 2. The largest absolute Gasteiger partial charge is 0.416 e. The Morgan fingerprint density at radius 2 is 1.83 bits per heavy atom. The molecule has 2 aliphatic heterocycles. The maximum Gasteiger partial charge on any atom is 0.416 e. The Balaban J connectivity index is 1.39. The first kappa shape index (κ1) is 19.3. The summed E-state index contributed by atoms with van der Waals surface area (Å²) in [5.74, 6) is -0.449. The smallest absolute Gasteiger partial charge is 0.371 e. The van der Waals surface area contributed by atoms with Crippen molar-refractivity contribution in [3.63, 3.8) is 0 Å². The van der Waals surface area contributed by atoms with Gasteiger partial charge in [-0.3, -0.25) is 9.59 Å². The van der Waals surface area contributed by atoms with E-state index in [9.17, 15) is 22.8 Å². The number of carbonyl (C=O) groups is 2. The Labute approximate surface area is 165 Å². The third kappa shape index (κ3) is 4.06. The fourth-order valence-corrected chi connectivity index (χ4v) is 3.88. The molecule has 2 aromatic rings. The van der Waals surface area contributed by atoms with Gasteiger partial charge in [0.15, 0.2) is 0 Å². The molecule has 0 radical (unpaired) electrons. The van der Waals surface area contributed by atoms with Crippen LogP contribution in [0.15, 0.2) is 42.5 Å². The van der Waals surface area contributed by atoms with E-state index < -0.39 is 11.7 Å². The summed E-state index contributed by atoms with van der Waals surface area (Å²) in [5.41, 5.74) is 1.98. The summed E-state index contributed by atoms with van der Waals surface area (Å²) >= 11 is 0. The van der Waals surface area contributed by atoms with Crippen molar-refractivity contribution in [1.29, 1.82) is 0 Å². The first-order valence-corrected chi connectivity index (χ1v) is 9.46. The lowest BCUT2D eigenvalue weighted by molar-refractivity contribution is -0.137. The lowest BCUT2D eigenvalue weighted by atomic mass is 9.95. The Morgan fingerprint density at radius 1 is 1.10 bits per heavy atom. The number of anilines is 3. The Kier molecular flexibility index (Phi) is 4.94. The van der Waals surface area contributed by atoms with Crippen LogP contribution in [-0.2, 0) is 22.2 Å². The fourth-order valence-electron chi connectivity index (χ4n) is 3.88. The van der Waals surface area contributed by atoms with E-state index in [1.807, 2.05) is 4.90 Å². The topological polar surface area (TPSA) is 61.4 Å². The molecule has 2 aliphatic rings. The summed E-state index contributed by atoms with van der Waals surface area (Å²) in [4.78, 5) is 26.2.